The molecule has 0 bridgehead atoms. The van der Waals surface area contributed by atoms with Crippen LogP contribution in [0.2, 0.25) is 5.02 Å². The Morgan fingerprint density at radius 1 is 1.46 bits per heavy atom. The maximum absolute atomic E-state index is 12.6. The molecule has 0 spiro atoms. The Labute approximate surface area is 157 Å². The van der Waals surface area contributed by atoms with E-state index in [1.165, 1.54) is 0 Å². The molecule has 0 radical (unpaired) electrons. The number of rotatable bonds is 4. The number of H-pyrrole nitrogens is 1. The third-order valence-electron chi connectivity index (χ3n) is 4.86. The lowest BCUT2D eigenvalue weighted by molar-refractivity contribution is 0.0951. The number of carbonyl (C=O) groups is 1. The number of nitrogens with zero attached hydrogens (tertiary/aromatic N) is 2. The highest BCUT2D eigenvalue weighted by Gasteiger charge is 2.25. The Morgan fingerprint density at radius 3 is 2.88 bits per heavy atom. The average Bonchev–Trinajstić information content (AvgIpc) is 2.99. The van der Waals surface area contributed by atoms with Gasteiger partial charge in [-0.3, -0.25) is 9.59 Å². The molecule has 1 atom stereocenters. The summed E-state index contributed by atoms with van der Waals surface area (Å²) in [5.41, 5.74) is 2.37. The van der Waals surface area contributed by atoms with Crippen LogP contribution in [0.25, 0.3) is 0 Å². The Kier molecular flexibility index (Phi) is 5.32. The molecule has 1 amide bonds. The third-order valence-corrected chi connectivity index (χ3v) is 5.23. The molecule has 1 aliphatic heterocycles. The highest BCUT2D eigenvalue weighted by Crippen LogP contribution is 2.32. The molecule has 1 aliphatic rings. The molecule has 3 rings (SSSR count). The number of pyridine rings is 2. The first kappa shape index (κ1) is 18.5. The molecule has 138 valence electrons. The number of aromatic nitrogens is 2. The van der Waals surface area contributed by atoms with Crippen LogP contribution < -0.4 is 15.8 Å². The van der Waals surface area contributed by atoms with E-state index in [2.05, 4.69) is 27.1 Å². The zero-order valence-electron chi connectivity index (χ0n) is 15.2. The molecular formula is C19H23ClN4O2. The summed E-state index contributed by atoms with van der Waals surface area (Å²) in [6.45, 7) is 6.85. The molecule has 2 aromatic heterocycles. The second-order valence-electron chi connectivity index (χ2n) is 6.81. The van der Waals surface area contributed by atoms with Crippen molar-refractivity contribution in [1.82, 2.24) is 15.3 Å². The maximum Gasteiger partial charge on any atom is 0.253 e. The van der Waals surface area contributed by atoms with Crippen LogP contribution in [0.5, 0.6) is 0 Å². The minimum absolute atomic E-state index is 0.147. The molecule has 7 heteroatoms. The van der Waals surface area contributed by atoms with Crippen molar-refractivity contribution >= 4 is 23.3 Å². The van der Waals surface area contributed by atoms with E-state index in [4.69, 9.17) is 11.6 Å². The van der Waals surface area contributed by atoms with Crippen LogP contribution in [-0.2, 0) is 6.54 Å². The summed E-state index contributed by atoms with van der Waals surface area (Å²) in [4.78, 5) is 34.0. The number of aromatic amines is 1. The van der Waals surface area contributed by atoms with Gasteiger partial charge in [-0.05, 0) is 51.3 Å². The summed E-state index contributed by atoms with van der Waals surface area (Å²) in [6.07, 6.45) is 3.78. The lowest BCUT2D eigenvalue weighted by Gasteiger charge is -2.24. The minimum atomic E-state index is -0.315. The first-order valence-corrected chi connectivity index (χ1v) is 9.15. The van der Waals surface area contributed by atoms with Crippen molar-refractivity contribution in [2.45, 2.75) is 46.2 Å². The highest BCUT2D eigenvalue weighted by atomic mass is 35.5. The molecule has 0 aliphatic carbocycles. The lowest BCUT2D eigenvalue weighted by Crippen LogP contribution is -2.30. The predicted molar refractivity (Wildman–Crippen MR) is 103 cm³/mol. The fourth-order valence-electron chi connectivity index (χ4n) is 3.42. The predicted octanol–water partition coefficient (Wildman–Crippen LogP) is 2.96. The van der Waals surface area contributed by atoms with Crippen LogP contribution in [0.3, 0.4) is 0 Å². The van der Waals surface area contributed by atoms with Gasteiger partial charge in [0.1, 0.15) is 5.82 Å². The van der Waals surface area contributed by atoms with E-state index in [-0.39, 0.29) is 18.0 Å². The van der Waals surface area contributed by atoms with Crippen LogP contribution in [-0.4, -0.2) is 28.5 Å². The Morgan fingerprint density at radius 2 is 2.23 bits per heavy atom. The van der Waals surface area contributed by atoms with Crippen LogP contribution >= 0.6 is 11.6 Å². The van der Waals surface area contributed by atoms with Crippen molar-refractivity contribution in [3.05, 3.63) is 56.1 Å². The summed E-state index contributed by atoms with van der Waals surface area (Å²) in [5.74, 6) is 0.332. The molecule has 26 heavy (non-hydrogen) atoms. The van der Waals surface area contributed by atoms with E-state index in [9.17, 15) is 9.59 Å². The average molecular weight is 375 g/mol. The van der Waals surface area contributed by atoms with Gasteiger partial charge in [0.15, 0.2) is 0 Å². The number of carbonyl (C=O) groups excluding carboxylic acids is 1. The van der Waals surface area contributed by atoms with Gasteiger partial charge in [-0.15, -0.1) is 0 Å². The Hall–Kier alpha value is -2.34. The van der Waals surface area contributed by atoms with Gasteiger partial charge in [0.2, 0.25) is 0 Å². The Bertz CT molecular complexity index is 894. The van der Waals surface area contributed by atoms with Crippen LogP contribution in [0.15, 0.2) is 23.1 Å². The number of halogens is 1. The molecule has 1 fully saturated rings. The molecule has 0 aromatic carbocycles. The summed E-state index contributed by atoms with van der Waals surface area (Å²) in [7, 11) is 0. The first-order chi connectivity index (χ1) is 12.4. The SMILES string of the molecule is Cc1cc(C)c(CNC(=O)c2ccnc(N3CCC[C@@H]3C)c2Cl)c(=O)[nH]1. The van der Waals surface area contributed by atoms with Gasteiger partial charge in [-0.2, -0.15) is 0 Å². The zero-order chi connectivity index (χ0) is 18.8. The van der Waals surface area contributed by atoms with Gasteiger partial charge >= 0.3 is 0 Å². The molecule has 2 N–H and O–H groups in total. The van der Waals surface area contributed by atoms with Crippen LogP contribution in [0.4, 0.5) is 5.82 Å². The molecule has 1 saturated heterocycles. The largest absolute Gasteiger partial charge is 0.353 e. The fraction of sp³-hybridized carbons (Fsp3) is 0.421. The van der Waals surface area contributed by atoms with Crippen molar-refractivity contribution in [3.63, 3.8) is 0 Å². The number of hydrogen-bond acceptors (Lipinski definition) is 4. The standard InChI is InChI=1S/C19H23ClN4O2/c1-11-9-12(2)23-19(26)15(11)10-22-18(25)14-6-7-21-17(16(14)20)24-8-4-5-13(24)3/h6-7,9,13H,4-5,8,10H2,1-3H3,(H,22,25)(H,23,26)/t13-/m0/s1. The van der Waals surface area contributed by atoms with Crippen molar-refractivity contribution in [1.29, 1.82) is 0 Å². The summed E-state index contributed by atoms with van der Waals surface area (Å²) < 4.78 is 0. The number of amides is 1. The van der Waals surface area contributed by atoms with E-state index >= 15 is 0 Å². The second kappa shape index (κ2) is 7.50. The molecule has 2 aromatic rings. The maximum atomic E-state index is 12.6. The smallest absolute Gasteiger partial charge is 0.253 e. The Balaban J connectivity index is 1.80. The van der Waals surface area contributed by atoms with E-state index in [1.807, 2.05) is 19.9 Å². The monoisotopic (exact) mass is 374 g/mol. The van der Waals surface area contributed by atoms with Crippen LogP contribution in [0.1, 0.15) is 46.9 Å². The van der Waals surface area contributed by atoms with Gasteiger partial charge in [-0.25, -0.2) is 4.98 Å². The summed E-state index contributed by atoms with van der Waals surface area (Å²) in [5, 5.41) is 3.15. The van der Waals surface area contributed by atoms with Crippen molar-refractivity contribution in [2.75, 3.05) is 11.4 Å². The van der Waals surface area contributed by atoms with Gasteiger partial charge in [0.05, 0.1) is 10.6 Å². The third kappa shape index (κ3) is 3.60. The first-order valence-electron chi connectivity index (χ1n) is 8.77. The topological polar surface area (TPSA) is 78.1 Å². The van der Waals surface area contributed by atoms with Crippen LogP contribution in [0, 0.1) is 13.8 Å². The molecule has 0 saturated carbocycles. The van der Waals surface area contributed by atoms with E-state index in [0.29, 0.717) is 28.0 Å². The van der Waals surface area contributed by atoms with E-state index < -0.39 is 0 Å². The fourth-order valence-corrected chi connectivity index (χ4v) is 3.73. The zero-order valence-corrected chi connectivity index (χ0v) is 16.0. The number of nitrogens with one attached hydrogen (secondary N) is 2. The van der Waals surface area contributed by atoms with E-state index in [0.717, 1.165) is 30.6 Å². The van der Waals surface area contributed by atoms with Gasteiger partial charge in [0.25, 0.3) is 11.5 Å². The lowest BCUT2D eigenvalue weighted by atomic mass is 10.1. The second-order valence-corrected chi connectivity index (χ2v) is 7.18. The molecule has 3 heterocycles. The number of hydrogen-bond donors (Lipinski definition) is 2. The minimum Gasteiger partial charge on any atom is -0.353 e. The highest BCUT2D eigenvalue weighted by molar-refractivity contribution is 6.36. The summed E-state index contributed by atoms with van der Waals surface area (Å²) >= 11 is 6.48. The van der Waals surface area contributed by atoms with Crippen molar-refractivity contribution in [3.8, 4) is 0 Å². The number of anilines is 1. The van der Waals surface area contributed by atoms with Crippen molar-refractivity contribution in [2.24, 2.45) is 0 Å². The van der Waals surface area contributed by atoms with Crippen molar-refractivity contribution < 1.29 is 4.79 Å². The number of aryl methyl sites for hydroxylation is 2. The molecule has 6 nitrogen and oxygen atoms in total. The normalized spacial score (nSPS) is 16.8. The van der Waals surface area contributed by atoms with Gasteiger partial charge in [-0.1, -0.05) is 11.6 Å². The quantitative estimate of drug-likeness (QED) is 0.862. The van der Waals surface area contributed by atoms with Gasteiger partial charge < -0.3 is 15.2 Å². The summed E-state index contributed by atoms with van der Waals surface area (Å²) in [6, 6.07) is 3.84. The van der Waals surface area contributed by atoms with Gasteiger partial charge in [0, 0.05) is 36.6 Å². The van der Waals surface area contributed by atoms with E-state index in [1.54, 1.807) is 12.3 Å². The molecule has 0 unspecified atom stereocenters. The molecular weight excluding hydrogens is 352 g/mol.